The van der Waals surface area contributed by atoms with E-state index in [0.29, 0.717) is 26.5 Å². The Balaban J connectivity index is 2.81. The first-order chi connectivity index (χ1) is 7.11. The van der Waals surface area contributed by atoms with Gasteiger partial charge in [-0.05, 0) is 18.2 Å². The van der Waals surface area contributed by atoms with E-state index in [4.69, 9.17) is 39.5 Å². The summed E-state index contributed by atoms with van der Waals surface area (Å²) >= 11 is 17.8. The maximum atomic E-state index is 6.02. The summed E-state index contributed by atoms with van der Waals surface area (Å²) in [7, 11) is 1.55. The Kier molecular flexibility index (Phi) is 2.91. The molecule has 5 heteroatoms. The second-order valence-corrected chi connectivity index (χ2v) is 4.13. The van der Waals surface area contributed by atoms with Crippen LogP contribution in [0.5, 0.6) is 5.75 Å². The lowest BCUT2D eigenvalue weighted by atomic mass is 10.2. The highest BCUT2D eigenvalue weighted by Crippen LogP contribution is 2.33. The number of pyridine rings is 1. The van der Waals surface area contributed by atoms with Crippen LogP contribution in [0.1, 0.15) is 0 Å². The Labute approximate surface area is 102 Å². The average Bonchev–Trinajstić information content (AvgIpc) is 2.16. The number of hydrogen-bond donors (Lipinski definition) is 0. The summed E-state index contributed by atoms with van der Waals surface area (Å²) in [5, 5.41) is 2.12. The van der Waals surface area contributed by atoms with Crippen LogP contribution in [-0.2, 0) is 0 Å². The van der Waals surface area contributed by atoms with E-state index in [0.717, 1.165) is 5.39 Å². The average molecular weight is 263 g/mol. The topological polar surface area (TPSA) is 22.1 Å². The number of ether oxygens (including phenoxy) is 1. The predicted octanol–water partition coefficient (Wildman–Crippen LogP) is 4.20. The summed E-state index contributed by atoms with van der Waals surface area (Å²) in [5.41, 5.74) is 0.651. The van der Waals surface area contributed by atoms with Crippen molar-refractivity contribution in [3.05, 3.63) is 33.4 Å². The number of halogens is 3. The molecule has 0 aliphatic heterocycles. The monoisotopic (exact) mass is 261 g/mol. The van der Waals surface area contributed by atoms with Crippen LogP contribution in [0.3, 0.4) is 0 Å². The zero-order valence-corrected chi connectivity index (χ0v) is 9.99. The van der Waals surface area contributed by atoms with E-state index in [1.807, 2.05) is 0 Å². The molecule has 0 amide bonds. The minimum atomic E-state index is 0.341. The minimum absolute atomic E-state index is 0.341. The summed E-state index contributed by atoms with van der Waals surface area (Å²) in [6.45, 7) is 0. The molecule has 1 heterocycles. The zero-order chi connectivity index (χ0) is 11.0. The Bertz CT molecular complexity index is 528. The van der Waals surface area contributed by atoms with Crippen molar-refractivity contribution in [1.29, 1.82) is 0 Å². The summed E-state index contributed by atoms with van der Waals surface area (Å²) < 4.78 is 5.09. The van der Waals surface area contributed by atoms with Gasteiger partial charge in [-0.15, -0.1) is 0 Å². The quantitative estimate of drug-likeness (QED) is 0.719. The van der Waals surface area contributed by atoms with Crippen LogP contribution < -0.4 is 4.74 Å². The van der Waals surface area contributed by atoms with E-state index in [9.17, 15) is 0 Å². The van der Waals surface area contributed by atoms with Crippen LogP contribution in [-0.4, -0.2) is 12.1 Å². The molecule has 1 aromatic heterocycles. The second-order valence-electron chi connectivity index (χ2n) is 2.93. The van der Waals surface area contributed by atoms with Crippen molar-refractivity contribution in [1.82, 2.24) is 4.98 Å². The molecule has 0 N–H and O–H groups in total. The van der Waals surface area contributed by atoms with Gasteiger partial charge in [-0.2, -0.15) is 0 Å². The Morgan fingerprint density at radius 2 is 1.80 bits per heavy atom. The molecule has 2 rings (SSSR count). The van der Waals surface area contributed by atoms with Crippen LogP contribution in [0.4, 0.5) is 0 Å². The molecule has 0 fully saturated rings. The maximum absolute atomic E-state index is 6.02. The van der Waals surface area contributed by atoms with E-state index in [1.54, 1.807) is 25.3 Å². The largest absolute Gasteiger partial charge is 0.495 e. The molecular weight excluding hydrogens is 256 g/mol. The molecule has 15 heavy (non-hydrogen) atoms. The molecule has 78 valence electrons. The summed E-state index contributed by atoms with van der Waals surface area (Å²) in [4.78, 5) is 4.11. The van der Waals surface area contributed by atoms with E-state index in [1.165, 1.54) is 0 Å². The zero-order valence-electron chi connectivity index (χ0n) is 7.72. The first-order valence-corrected chi connectivity index (χ1v) is 5.24. The number of aromatic nitrogens is 1. The summed E-state index contributed by atoms with van der Waals surface area (Å²) in [6, 6.07) is 5.00. The third kappa shape index (κ3) is 1.98. The van der Waals surface area contributed by atoms with Gasteiger partial charge in [-0.1, -0.05) is 34.8 Å². The van der Waals surface area contributed by atoms with Crippen LogP contribution in [0.15, 0.2) is 18.2 Å². The highest BCUT2D eigenvalue weighted by Gasteiger charge is 2.08. The molecular formula is C10H6Cl3NO. The van der Waals surface area contributed by atoms with Crippen molar-refractivity contribution >= 4 is 45.7 Å². The van der Waals surface area contributed by atoms with Gasteiger partial charge in [-0.25, -0.2) is 4.98 Å². The Morgan fingerprint density at radius 1 is 1.07 bits per heavy atom. The van der Waals surface area contributed by atoms with Crippen LogP contribution in [0.25, 0.3) is 10.9 Å². The molecule has 0 bridgehead atoms. The van der Waals surface area contributed by atoms with Crippen LogP contribution >= 0.6 is 34.8 Å². The summed E-state index contributed by atoms with van der Waals surface area (Å²) in [6.07, 6.45) is 0. The van der Waals surface area contributed by atoms with Crippen molar-refractivity contribution in [2.75, 3.05) is 7.11 Å². The number of fused-ring (bicyclic) bond motifs is 1. The fourth-order valence-corrected chi connectivity index (χ4v) is 2.06. The smallest absolute Gasteiger partial charge is 0.138 e. The molecule has 0 aliphatic carbocycles. The fraction of sp³-hybridized carbons (Fsp3) is 0.100. The highest BCUT2D eigenvalue weighted by molar-refractivity contribution is 6.38. The number of rotatable bonds is 1. The second kappa shape index (κ2) is 4.05. The first-order valence-electron chi connectivity index (χ1n) is 4.11. The van der Waals surface area contributed by atoms with Crippen molar-refractivity contribution < 1.29 is 4.74 Å². The van der Waals surface area contributed by atoms with Crippen molar-refractivity contribution in [3.63, 3.8) is 0 Å². The van der Waals surface area contributed by atoms with Gasteiger partial charge < -0.3 is 4.74 Å². The van der Waals surface area contributed by atoms with E-state index < -0.39 is 0 Å². The minimum Gasteiger partial charge on any atom is -0.495 e. The van der Waals surface area contributed by atoms with Gasteiger partial charge in [0.1, 0.15) is 10.9 Å². The lowest BCUT2D eigenvalue weighted by molar-refractivity contribution is 0.415. The van der Waals surface area contributed by atoms with Gasteiger partial charge >= 0.3 is 0 Å². The van der Waals surface area contributed by atoms with Gasteiger partial charge in [0.25, 0.3) is 0 Å². The first kappa shape index (κ1) is 10.8. The molecule has 0 unspecified atom stereocenters. The fourth-order valence-electron chi connectivity index (χ4n) is 1.31. The molecule has 0 atom stereocenters. The molecule has 0 radical (unpaired) electrons. The molecule has 2 nitrogen and oxygen atoms in total. The predicted molar refractivity (Wildman–Crippen MR) is 63.3 cm³/mol. The lowest BCUT2D eigenvalue weighted by Gasteiger charge is -2.06. The van der Waals surface area contributed by atoms with Crippen LogP contribution in [0, 0.1) is 0 Å². The number of hydrogen-bond acceptors (Lipinski definition) is 2. The van der Waals surface area contributed by atoms with E-state index >= 15 is 0 Å². The standard InChI is InChI=1S/C10H6Cl3NO/c1-15-9-2-5-6(11)4-10(13)14-8(5)3-7(9)12/h2-4H,1H3. The SMILES string of the molecule is COc1cc2c(Cl)cc(Cl)nc2cc1Cl. The number of nitrogens with zero attached hydrogens (tertiary/aromatic N) is 1. The number of methoxy groups -OCH3 is 1. The van der Waals surface area contributed by atoms with Crippen molar-refractivity contribution in [3.8, 4) is 5.75 Å². The van der Waals surface area contributed by atoms with E-state index in [-0.39, 0.29) is 0 Å². The maximum Gasteiger partial charge on any atom is 0.138 e. The van der Waals surface area contributed by atoms with Gasteiger partial charge in [-0.3, -0.25) is 0 Å². The van der Waals surface area contributed by atoms with Crippen LogP contribution in [0.2, 0.25) is 15.2 Å². The molecule has 1 aromatic carbocycles. The molecule has 0 saturated heterocycles. The summed E-state index contributed by atoms with van der Waals surface area (Å²) in [5.74, 6) is 0.565. The third-order valence-electron chi connectivity index (χ3n) is 2.00. The normalized spacial score (nSPS) is 10.7. The third-order valence-corrected chi connectivity index (χ3v) is 2.80. The molecule has 2 aromatic rings. The Morgan fingerprint density at radius 3 is 2.47 bits per heavy atom. The highest BCUT2D eigenvalue weighted by atomic mass is 35.5. The van der Waals surface area contributed by atoms with Gasteiger partial charge in [0.15, 0.2) is 0 Å². The number of benzene rings is 1. The van der Waals surface area contributed by atoms with Gasteiger partial charge in [0.05, 0.1) is 22.7 Å². The molecule has 0 spiro atoms. The van der Waals surface area contributed by atoms with Gasteiger partial charge in [0.2, 0.25) is 0 Å². The Hall–Kier alpha value is -0.700. The van der Waals surface area contributed by atoms with Crippen molar-refractivity contribution in [2.45, 2.75) is 0 Å². The van der Waals surface area contributed by atoms with Crippen molar-refractivity contribution in [2.24, 2.45) is 0 Å². The lowest BCUT2D eigenvalue weighted by Crippen LogP contribution is -1.87. The molecule has 0 saturated carbocycles. The van der Waals surface area contributed by atoms with E-state index in [2.05, 4.69) is 4.98 Å². The van der Waals surface area contributed by atoms with Gasteiger partial charge in [0, 0.05) is 5.39 Å². The molecule has 0 aliphatic rings.